The van der Waals surface area contributed by atoms with Crippen molar-refractivity contribution in [3.8, 4) is 28.0 Å². The van der Waals surface area contributed by atoms with Gasteiger partial charge in [0.25, 0.3) is 0 Å². The number of aryl methyl sites for hydroxylation is 1. The summed E-state index contributed by atoms with van der Waals surface area (Å²) >= 11 is -2.43. The van der Waals surface area contributed by atoms with Crippen molar-refractivity contribution in [2.45, 2.75) is 19.0 Å². The third-order valence-corrected chi connectivity index (χ3v) is 4.73. The highest BCUT2D eigenvalue weighted by atomic mass is 32.2. The Bertz CT molecular complexity index is 1070. The van der Waals surface area contributed by atoms with Crippen LogP contribution in [0.25, 0.3) is 22.3 Å². The van der Waals surface area contributed by atoms with Gasteiger partial charge in [0.1, 0.15) is 11.6 Å². The van der Waals surface area contributed by atoms with Gasteiger partial charge in [-0.05, 0) is 52.9 Å². The molecule has 1 unspecified atom stereocenters. The Morgan fingerprint density at radius 1 is 1.07 bits per heavy atom. The molecule has 152 valence electrons. The molecule has 0 saturated heterocycles. The van der Waals surface area contributed by atoms with Crippen LogP contribution in [0.3, 0.4) is 0 Å². The lowest BCUT2D eigenvalue weighted by Gasteiger charge is -2.15. The van der Waals surface area contributed by atoms with Gasteiger partial charge in [0.05, 0.1) is 0 Å². The van der Waals surface area contributed by atoms with E-state index in [1.807, 2.05) is 0 Å². The zero-order valence-corrected chi connectivity index (χ0v) is 15.8. The molecule has 9 heteroatoms. The molecule has 1 atom stereocenters. The Morgan fingerprint density at radius 3 is 2.41 bits per heavy atom. The summed E-state index contributed by atoms with van der Waals surface area (Å²) in [5, 5.41) is 0. The largest absolute Gasteiger partial charge is 0.772 e. The normalized spacial score (nSPS) is 12.6. The highest BCUT2D eigenvalue weighted by molar-refractivity contribution is 7.78. The van der Waals surface area contributed by atoms with Gasteiger partial charge in [-0.2, -0.15) is 0 Å². The lowest BCUT2D eigenvalue weighted by atomic mass is 9.95. The quantitative estimate of drug-likeness (QED) is 0.420. The summed E-state index contributed by atoms with van der Waals surface area (Å²) < 4.78 is 77.9. The van der Waals surface area contributed by atoms with E-state index in [-0.39, 0.29) is 11.3 Å². The number of alkyl halides is 3. The van der Waals surface area contributed by atoms with Crippen molar-refractivity contribution in [2.75, 3.05) is 0 Å². The van der Waals surface area contributed by atoms with E-state index in [4.69, 9.17) is 0 Å². The predicted octanol–water partition coefficient (Wildman–Crippen LogP) is 5.14. The average molecular weight is 424 g/mol. The van der Waals surface area contributed by atoms with Gasteiger partial charge in [-0.1, -0.05) is 35.3 Å². The highest BCUT2D eigenvalue weighted by Gasteiger charge is 2.31. The molecular weight excluding hydrogens is 410 g/mol. The summed E-state index contributed by atoms with van der Waals surface area (Å²) in [7, 11) is 0. The van der Waals surface area contributed by atoms with Crippen LogP contribution in [0.15, 0.2) is 54.9 Å². The topological polar surface area (TPSA) is 62.2 Å². The molecule has 0 fully saturated rings. The number of hydrogen-bond donors (Lipinski definition) is 0. The van der Waals surface area contributed by atoms with Crippen LogP contribution >= 0.6 is 0 Å². The number of nitrogens with zero attached hydrogens (tertiary/aromatic N) is 1. The van der Waals surface area contributed by atoms with Crippen LogP contribution in [0.4, 0.5) is 17.6 Å². The van der Waals surface area contributed by atoms with Crippen LogP contribution < -0.4 is 4.74 Å². The van der Waals surface area contributed by atoms with Crippen molar-refractivity contribution < 1.29 is 31.1 Å². The maximum Gasteiger partial charge on any atom is 0.573 e. The van der Waals surface area contributed by atoms with Gasteiger partial charge >= 0.3 is 6.36 Å². The third-order valence-electron chi connectivity index (χ3n) is 4.18. The molecule has 3 aromatic rings. The van der Waals surface area contributed by atoms with Gasteiger partial charge in [-0.3, -0.25) is 9.19 Å². The molecule has 0 N–H and O–H groups in total. The first-order valence-corrected chi connectivity index (χ1v) is 9.54. The van der Waals surface area contributed by atoms with Crippen LogP contribution in [-0.4, -0.2) is 20.1 Å². The Labute approximate surface area is 166 Å². The number of benzene rings is 2. The molecule has 2 aromatic carbocycles. The van der Waals surface area contributed by atoms with Gasteiger partial charge in [0.2, 0.25) is 0 Å². The summed E-state index contributed by atoms with van der Waals surface area (Å²) in [6.45, 7) is 1.49. The lowest BCUT2D eigenvalue weighted by Crippen LogP contribution is -2.17. The molecule has 1 aromatic heterocycles. The van der Waals surface area contributed by atoms with Gasteiger partial charge in [0, 0.05) is 23.7 Å². The molecule has 0 radical (unpaired) electrons. The van der Waals surface area contributed by atoms with E-state index in [0.29, 0.717) is 27.8 Å². The zero-order valence-electron chi connectivity index (χ0n) is 15.0. The van der Waals surface area contributed by atoms with E-state index in [0.717, 1.165) is 0 Å². The number of halogens is 4. The Kier molecular flexibility index (Phi) is 5.99. The van der Waals surface area contributed by atoms with E-state index in [1.54, 1.807) is 12.1 Å². The lowest BCUT2D eigenvalue weighted by molar-refractivity contribution is -0.274. The highest BCUT2D eigenvalue weighted by Crippen LogP contribution is 2.36. The van der Waals surface area contributed by atoms with Gasteiger partial charge in [-0.25, -0.2) is 4.39 Å². The molecule has 0 amide bonds. The van der Waals surface area contributed by atoms with Crippen molar-refractivity contribution in [1.29, 1.82) is 0 Å². The van der Waals surface area contributed by atoms with E-state index in [1.165, 1.54) is 49.6 Å². The second-order valence-corrected chi connectivity index (χ2v) is 7.10. The Balaban J connectivity index is 2.06. The van der Waals surface area contributed by atoms with Crippen LogP contribution in [0.2, 0.25) is 0 Å². The van der Waals surface area contributed by atoms with E-state index in [2.05, 4.69) is 9.72 Å². The number of pyridine rings is 1. The van der Waals surface area contributed by atoms with Crippen molar-refractivity contribution in [3.05, 3.63) is 71.8 Å². The first-order chi connectivity index (χ1) is 13.6. The maximum absolute atomic E-state index is 14.3. The standard InChI is InChI=1S/C20H15F4NO3S/c1-12-2-3-14(9-19(12)28-20(22,23)24)16-6-7-25-10-17(16)13-4-5-15(11-29(26)27)18(21)8-13/h2-10H,11H2,1H3,(H,26,27)/p-1. The number of hydrogen-bond acceptors (Lipinski definition) is 4. The second kappa shape index (κ2) is 8.30. The van der Waals surface area contributed by atoms with E-state index >= 15 is 0 Å². The fraction of sp³-hybridized carbons (Fsp3) is 0.150. The van der Waals surface area contributed by atoms with Gasteiger partial charge < -0.3 is 9.29 Å². The average Bonchev–Trinajstić information content (AvgIpc) is 2.64. The molecule has 0 spiro atoms. The van der Waals surface area contributed by atoms with Gasteiger partial charge in [0.15, 0.2) is 0 Å². The summed E-state index contributed by atoms with van der Waals surface area (Å²) in [5.74, 6) is -1.49. The molecule has 0 saturated carbocycles. The number of ether oxygens (including phenoxy) is 1. The van der Waals surface area contributed by atoms with Crippen molar-refractivity contribution in [3.63, 3.8) is 0 Å². The SMILES string of the molecule is Cc1ccc(-c2ccncc2-c2ccc(CS(=O)[O-])c(F)c2)cc1OC(F)(F)F. The van der Waals surface area contributed by atoms with Crippen molar-refractivity contribution >= 4 is 11.1 Å². The van der Waals surface area contributed by atoms with E-state index in [9.17, 15) is 26.3 Å². The van der Waals surface area contributed by atoms with Crippen LogP contribution in [0.5, 0.6) is 5.75 Å². The number of rotatable bonds is 5. The molecular formula is C20H14F4NO3S-. The maximum atomic E-state index is 14.3. The molecule has 0 bridgehead atoms. The molecule has 1 heterocycles. The summed E-state index contributed by atoms with van der Waals surface area (Å²) in [5.41, 5.74) is 2.16. The van der Waals surface area contributed by atoms with Gasteiger partial charge in [-0.15, -0.1) is 13.2 Å². The van der Waals surface area contributed by atoms with Crippen molar-refractivity contribution in [1.82, 2.24) is 4.98 Å². The monoisotopic (exact) mass is 424 g/mol. The van der Waals surface area contributed by atoms with Crippen LogP contribution in [-0.2, 0) is 16.8 Å². The second-order valence-electron chi connectivity index (χ2n) is 6.20. The molecule has 4 nitrogen and oxygen atoms in total. The summed E-state index contributed by atoms with van der Waals surface area (Å²) in [4.78, 5) is 4.01. The molecule has 0 aliphatic rings. The van der Waals surface area contributed by atoms with E-state index < -0.39 is 29.0 Å². The van der Waals surface area contributed by atoms with Crippen LogP contribution in [0, 0.1) is 12.7 Å². The minimum absolute atomic E-state index is 0.0173. The molecule has 0 aliphatic carbocycles. The molecule has 3 rings (SSSR count). The molecule has 29 heavy (non-hydrogen) atoms. The minimum atomic E-state index is -4.83. The number of aromatic nitrogens is 1. The first-order valence-electron chi connectivity index (χ1n) is 8.29. The molecule has 0 aliphatic heterocycles. The summed E-state index contributed by atoms with van der Waals surface area (Å²) in [6, 6.07) is 10.0. The first kappa shape index (κ1) is 20.9. The summed E-state index contributed by atoms with van der Waals surface area (Å²) in [6.07, 6.45) is -1.90. The minimum Gasteiger partial charge on any atom is -0.772 e. The van der Waals surface area contributed by atoms with Crippen molar-refractivity contribution in [2.24, 2.45) is 0 Å². The smallest absolute Gasteiger partial charge is 0.573 e. The van der Waals surface area contributed by atoms with Crippen LogP contribution in [0.1, 0.15) is 11.1 Å². The Morgan fingerprint density at radius 2 is 1.76 bits per heavy atom. The fourth-order valence-electron chi connectivity index (χ4n) is 2.84. The Hall–Kier alpha value is -2.78. The third kappa shape index (κ3) is 5.18. The fourth-order valence-corrected chi connectivity index (χ4v) is 3.33. The zero-order chi connectivity index (χ0) is 21.2. The predicted molar refractivity (Wildman–Crippen MR) is 99.1 cm³/mol.